The molecule has 2 aromatic rings. The molecule has 1 aromatic carbocycles. The molecule has 4 rings (SSSR count). The molecule has 29 heavy (non-hydrogen) atoms. The monoisotopic (exact) mass is 397 g/mol. The van der Waals surface area contributed by atoms with Gasteiger partial charge in [-0.1, -0.05) is 30.3 Å². The molecule has 0 saturated carbocycles. The first-order valence-corrected chi connectivity index (χ1v) is 9.95. The number of carbonyl (C=O) groups excluding carboxylic acids is 2. The minimum atomic E-state index is -0.620. The number of aromatic nitrogens is 2. The van der Waals surface area contributed by atoms with E-state index in [4.69, 9.17) is 4.74 Å². The zero-order valence-corrected chi connectivity index (χ0v) is 16.6. The largest absolute Gasteiger partial charge is 0.378 e. The van der Waals surface area contributed by atoms with E-state index in [1.807, 2.05) is 48.3 Å². The molecule has 2 amide bonds. The van der Waals surface area contributed by atoms with Crippen LogP contribution >= 0.6 is 0 Å². The molecule has 8 nitrogen and oxygen atoms in total. The molecule has 2 saturated heterocycles. The van der Waals surface area contributed by atoms with Crippen LogP contribution in [-0.2, 0) is 27.3 Å². The van der Waals surface area contributed by atoms with E-state index in [0.29, 0.717) is 39.3 Å². The number of ether oxygens (including phenoxy) is 1. The van der Waals surface area contributed by atoms with Crippen molar-refractivity contribution in [3.05, 3.63) is 53.9 Å². The van der Waals surface area contributed by atoms with Crippen molar-refractivity contribution in [2.45, 2.75) is 19.0 Å². The van der Waals surface area contributed by atoms with Gasteiger partial charge in [-0.05, 0) is 25.1 Å². The molecule has 2 aliphatic heterocycles. The fourth-order valence-corrected chi connectivity index (χ4v) is 4.07. The van der Waals surface area contributed by atoms with Gasteiger partial charge in [0.25, 0.3) is 0 Å². The second-order valence-corrected chi connectivity index (χ2v) is 7.97. The molecule has 2 aliphatic rings. The summed E-state index contributed by atoms with van der Waals surface area (Å²) in [5, 5.41) is 9.78. The van der Waals surface area contributed by atoms with E-state index >= 15 is 0 Å². The van der Waals surface area contributed by atoms with Crippen molar-refractivity contribution in [3.63, 3.8) is 0 Å². The average Bonchev–Trinajstić information content (AvgIpc) is 3.23. The van der Waals surface area contributed by atoms with Gasteiger partial charge >= 0.3 is 0 Å². The Bertz CT molecular complexity index is 833. The lowest BCUT2D eigenvalue weighted by Gasteiger charge is -2.50. The van der Waals surface area contributed by atoms with E-state index in [1.54, 1.807) is 11.1 Å². The molecule has 0 aliphatic carbocycles. The molecular formula is C21H27N5O3. The normalized spacial score (nSPS) is 21.4. The van der Waals surface area contributed by atoms with Crippen molar-refractivity contribution in [3.8, 4) is 0 Å². The predicted molar refractivity (Wildman–Crippen MR) is 107 cm³/mol. The van der Waals surface area contributed by atoms with Crippen LogP contribution in [-0.4, -0.2) is 77.7 Å². The minimum Gasteiger partial charge on any atom is -0.378 e. The first-order chi connectivity index (χ1) is 14.1. The number of aromatic amines is 1. The number of benzene rings is 1. The Balaban J connectivity index is 1.45. The second-order valence-electron chi connectivity index (χ2n) is 7.97. The van der Waals surface area contributed by atoms with Gasteiger partial charge in [0, 0.05) is 25.8 Å². The number of hydrogen-bond donors (Lipinski definition) is 2. The lowest BCUT2D eigenvalue weighted by atomic mass is 9.73. The molecule has 1 aromatic heterocycles. The maximum atomic E-state index is 13.1. The number of hydrogen-bond acceptors (Lipinski definition) is 5. The Morgan fingerprint density at radius 1 is 1.28 bits per heavy atom. The van der Waals surface area contributed by atoms with Crippen molar-refractivity contribution in [1.82, 2.24) is 25.3 Å². The quantitative estimate of drug-likeness (QED) is 0.738. The highest BCUT2D eigenvalue weighted by Crippen LogP contribution is 2.35. The van der Waals surface area contributed by atoms with E-state index in [0.717, 1.165) is 17.8 Å². The van der Waals surface area contributed by atoms with Crippen LogP contribution < -0.4 is 5.32 Å². The average molecular weight is 397 g/mol. The van der Waals surface area contributed by atoms with E-state index in [9.17, 15) is 9.59 Å². The van der Waals surface area contributed by atoms with Gasteiger partial charge in [0.1, 0.15) is 6.04 Å². The third kappa shape index (κ3) is 4.18. The summed E-state index contributed by atoms with van der Waals surface area (Å²) in [6.45, 7) is 3.02. The van der Waals surface area contributed by atoms with E-state index in [2.05, 4.69) is 15.5 Å². The Morgan fingerprint density at radius 2 is 2.07 bits per heavy atom. The van der Waals surface area contributed by atoms with Crippen molar-refractivity contribution in [1.29, 1.82) is 0 Å². The molecule has 154 valence electrons. The number of likely N-dealkylation sites (N-methyl/N-ethyl adjacent to an activating group) is 1. The molecule has 8 heteroatoms. The van der Waals surface area contributed by atoms with Crippen LogP contribution in [0, 0.1) is 5.41 Å². The molecule has 0 radical (unpaired) electrons. The lowest BCUT2D eigenvalue weighted by molar-refractivity contribution is -0.160. The van der Waals surface area contributed by atoms with Crippen molar-refractivity contribution >= 4 is 11.8 Å². The maximum absolute atomic E-state index is 13.1. The fraction of sp³-hybridized carbons (Fsp3) is 0.476. The number of H-pyrrole nitrogens is 1. The van der Waals surface area contributed by atoms with E-state index in [1.165, 1.54) is 0 Å². The molecule has 2 fully saturated rings. The molecule has 1 atom stereocenters. The molecule has 0 spiro atoms. The zero-order valence-electron chi connectivity index (χ0n) is 16.6. The summed E-state index contributed by atoms with van der Waals surface area (Å²) in [6, 6.07) is 11.5. The topological polar surface area (TPSA) is 90.6 Å². The van der Waals surface area contributed by atoms with Crippen molar-refractivity contribution in [2.24, 2.45) is 5.41 Å². The van der Waals surface area contributed by atoms with Gasteiger partial charge in [-0.2, -0.15) is 5.10 Å². The van der Waals surface area contributed by atoms with E-state index in [-0.39, 0.29) is 17.9 Å². The summed E-state index contributed by atoms with van der Waals surface area (Å²) < 4.78 is 5.49. The highest BCUT2D eigenvalue weighted by Gasteiger charge is 2.52. The first kappa shape index (κ1) is 19.6. The number of morpholine rings is 1. The smallest absolute Gasteiger partial charge is 0.242 e. The standard InChI is InChI=1S/C21H27N5O3/c1-25-9-10-29-13-18(25)19(27)26-14-21(15-26,11-16-5-3-2-4-6-16)20(28)22-12-17-7-8-23-24-17/h2-8,18H,9-15H2,1H3,(H,22,28)(H,23,24)/t18-/m1/s1. The van der Waals surface area contributed by atoms with Gasteiger partial charge in [-0.3, -0.25) is 19.6 Å². The number of carbonyl (C=O) groups is 2. The Morgan fingerprint density at radius 3 is 2.76 bits per heavy atom. The molecule has 0 unspecified atom stereocenters. The molecule has 3 heterocycles. The Labute approximate surface area is 170 Å². The Hall–Kier alpha value is -2.71. The van der Waals surface area contributed by atoms with Crippen molar-refractivity contribution in [2.75, 3.05) is 39.9 Å². The number of likely N-dealkylation sites (tertiary alicyclic amines) is 1. The van der Waals surface area contributed by atoms with Gasteiger partial charge in [-0.25, -0.2) is 0 Å². The predicted octanol–water partition coefficient (Wildman–Crippen LogP) is 0.428. The van der Waals surface area contributed by atoms with Crippen LogP contribution in [0.4, 0.5) is 0 Å². The maximum Gasteiger partial charge on any atom is 0.242 e. The van der Waals surface area contributed by atoms with E-state index < -0.39 is 5.41 Å². The van der Waals surface area contributed by atoms with Gasteiger partial charge in [-0.15, -0.1) is 0 Å². The number of amides is 2. The minimum absolute atomic E-state index is 0.0340. The lowest BCUT2D eigenvalue weighted by Crippen LogP contribution is -2.68. The Kier molecular flexibility index (Phi) is 5.64. The highest BCUT2D eigenvalue weighted by atomic mass is 16.5. The molecular weight excluding hydrogens is 370 g/mol. The van der Waals surface area contributed by atoms with Crippen molar-refractivity contribution < 1.29 is 14.3 Å². The van der Waals surface area contributed by atoms with Gasteiger partial charge < -0.3 is 15.0 Å². The fourth-order valence-electron chi connectivity index (χ4n) is 4.07. The summed E-state index contributed by atoms with van der Waals surface area (Å²) in [5.41, 5.74) is 1.32. The molecule has 0 bridgehead atoms. The molecule has 2 N–H and O–H groups in total. The van der Waals surface area contributed by atoms with Crippen LogP contribution in [0.15, 0.2) is 42.6 Å². The number of nitrogens with one attached hydrogen (secondary N) is 2. The summed E-state index contributed by atoms with van der Waals surface area (Å²) in [5.74, 6) is 0.00510. The summed E-state index contributed by atoms with van der Waals surface area (Å²) in [7, 11) is 1.94. The van der Waals surface area contributed by atoms with Gasteiger partial charge in [0.15, 0.2) is 0 Å². The van der Waals surface area contributed by atoms with Crippen LogP contribution in [0.5, 0.6) is 0 Å². The second kappa shape index (κ2) is 8.34. The summed E-state index contributed by atoms with van der Waals surface area (Å²) in [6.07, 6.45) is 2.26. The van der Waals surface area contributed by atoms with Crippen LogP contribution in [0.1, 0.15) is 11.3 Å². The number of nitrogens with zero attached hydrogens (tertiary/aromatic N) is 3. The van der Waals surface area contributed by atoms with Crippen LogP contribution in [0.2, 0.25) is 0 Å². The summed E-state index contributed by atoms with van der Waals surface area (Å²) in [4.78, 5) is 29.9. The van der Waals surface area contributed by atoms with Gasteiger partial charge in [0.2, 0.25) is 11.8 Å². The van der Waals surface area contributed by atoms with Crippen LogP contribution in [0.25, 0.3) is 0 Å². The highest BCUT2D eigenvalue weighted by molar-refractivity contribution is 5.89. The third-order valence-corrected chi connectivity index (χ3v) is 5.84. The van der Waals surface area contributed by atoms with Crippen LogP contribution in [0.3, 0.4) is 0 Å². The SMILES string of the molecule is CN1CCOC[C@@H]1C(=O)N1CC(Cc2ccccc2)(C(=O)NCc2ccn[nH]2)C1. The van der Waals surface area contributed by atoms with Gasteiger partial charge in [0.05, 0.1) is 30.9 Å². The zero-order chi connectivity index (χ0) is 20.3. The summed E-state index contributed by atoms with van der Waals surface area (Å²) >= 11 is 0. The first-order valence-electron chi connectivity index (χ1n) is 9.95. The third-order valence-electron chi connectivity index (χ3n) is 5.84. The number of rotatable bonds is 6.